The van der Waals surface area contributed by atoms with Crippen LogP contribution in [-0.4, -0.2) is 22.4 Å². The molecule has 0 aliphatic rings. The number of hydrogen-bond acceptors (Lipinski definition) is 4. The number of aromatic amines is 1. The predicted molar refractivity (Wildman–Crippen MR) is 81.2 cm³/mol. The number of nitrogens with one attached hydrogen (secondary N) is 3. The number of carbonyl (C=O) groups is 1. The van der Waals surface area contributed by atoms with Gasteiger partial charge in [0, 0.05) is 18.3 Å². The van der Waals surface area contributed by atoms with Crippen LogP contribution in [0, 0.1) is 0 Å². The molecule has 0 atom stereocenters. The second kappa shape index (κ2) is 7.04. The molecule has 21 heavy (non-hydrogen) atoms. The van der Waals surface area contributed by atoms with E-state index in [0.29, 0.717) is 17.8 Å². The summed E-state index contributed by atoms with van der Waals surface area (Å²) in [6, 6.07) is 8.54. The molecular weight excluding hydrogens is 268 g/mol. The minimum Gasteiger partial charge on any atom is -0.381 e. The van der Waals surface area contributed by atoms with Crippen molar-refractivity contribution in [3.8, 4) is 0 Å². The number of benzene rings is 1. The third-order valence-electron chi connectivity index (χ3n) is 2.77. The van der Waals surface area contributed by atoms with Gasteiger partial charge >= 0.3 is 0 Å². The summed E-state index contributed by atoms with van der Waals surface area (Å²) >= 11 is 0. The van der Waals surface area contributed by atoms with Gasteiger partial charge in [-0.3, -0.25) is 9.59 Å². The van der Waals surface area contributed by atoms with Crippen molar-refractivity contribution in [2.75, 3.05) is 11.9 Å². The van der Waals surface area contributed by atoms with Crippen LogP contribution in [-0.2, 0) is 6.54 Å². The van der Waals surface area contributed by atoms with Gasteiger partial charge in [-0.1, -0.05) is 18.2 Å². The average molecular weight is 284 g/mol. The maximum absolute atomic E-state index is 12.2. The molecule has 6 nitrogen and oxygen atoms in total. The monoisotopic (exact) mass is 284 g/mol. The first-order valence-electron chi connectivity index (χ1n) is 6.46. The molecule has 2 aromatic rings. The predicted octanol–water partition coefficient (Wildman–Crippen LogP) is 1.30. The topological polar surface area (TPSA) is 86.9 Å². The molecule has 0 bridgehead atoms. The number of rotatable bonds is 6. The first-order chi connectivity index (χ1) is 10.2. The number of hydrogen-bond donors (Lipinski definition) is 3. The number of para-hydroxylation sites is 1. The fourth-order valence-corrected chi connectivity index (χ4v) is 1.79. The molecule has 0 aliphatic carbocycles. The summed E-state index contributed by atoms with van der Waals surface area (Å²) in [6.07, 6.45) is 3.03. The van der Waals surface area contributed by atoms with Gasteiger partial charge in [-0.05, 0) is 12.1 Å². The number of nitrogens with zero attached hydrogens (tertiary/aromatic N) is 1. The molecular formula is C15H16N4O2. The molecule has 0 spiro atoms. The summed E-state index contributed by atoms with van der Waals surface area (Å²) in [6.45, 7) is 4.39. The van der Waals surface area contributed by atoms with Gasteiger partial charge in [-0.25, -0.2) is 4.98 Å². The fraction of sp³-hybridized carbons (Fsp3) is 0.133. The molecule has 0 unspecified atom stereocenters. The van der Waals surface area contributed by atoms with Gasteiger partial charge in [0.05, 0.1) is 24.1 Å². The molecule has 1 aromatic carbocycles. The molecule has 1 aromatic heterocycles. The molecule has 108 valence electrons. The summed E-state index contributed by atoms with van der Waals surface area (Å²) < 4.78 is 0. The van der Waals surface area contributed by atoms with Crippen LogP contribution in [0.15, 0.2) is 54.1 Å². The first kappa shape index (κ1) is 14.5. The van der Waals surface area contributed by atoms with Crippen LogP contribution in [0.2, 0.25) is 0 Å². The summed E-state index contributed by atoms with van der Waals surface area (Å²) in [4.78, 5) is 29.7. The molecule has 1 heterocycles. The van der Waals surface area contributed by atoms with E-state index in [1.54, 1.807) is 18.2 Å². The van der Waals surface area contributed by atoms with Crippen LogP contribution in [0.3, 0.4) is 0 Å². The minimum absolute atomic E-state index is 0.193. The van der Waals surface area contributed by atoms with E-state index in [1.807, 2.05) is 12.1 Å². The maximum atomic E-state index is 12.2. The Bertz CT molecular complexity index is 694. The Hall–Kier alpha value is -2.89. The lowest BCUT2D eigenvalue weighted by molar-refractivity contribution is 0.0951. The standard InChI is InChI=1S/C15H16N4O2/c1-2-7-16-13-6-4-3-5-12(13)15(21)17-9-11-8-14(20)19-10-18-11/h2-6,8,10,16H,1,7,9H2,(H,17,21)(H,18,19,20). The lowest BCUT2D eigenvalue weighted by atomic mass is 10.1. The average Bonchev–Trinajstić information content (AvgIpc) is 2.51. The highest BCUT2D eigenvalue weighted by Crippen LogP contribution is 2.14. The van der Waals surface area contributed by atoms with E-state index in [4.69, 9.17) is 0 Å². The van der Waals surface area contributed by atoms with Crippen LogP contribution in [0.5, 0.6) is 0 Å². The zero-order valence-corrected chi connectivity index (χ0v) is 11.4. The van der Waals surface area contributed by atoms with Gasteiger partial charge in [0.25, 0.3) is 11.5 Å². The van der Waals surface area contributed by atoms with Crippen molar-refractivity contribution in [1.29, 1.82) is 0 Å². The van der Waals surface area contributed by atoms with Crippen molar-refractivity contribution in [2.24, 2.45) is 0 Å². The molecule has 0 radical (unpaired) electrons. The first-order valence-corrected chi connectivity index (χ1v) is 6.46. The summed E-state index contributed by atoms with van der Waals surface area (Å²) in [5.74, 6) is -0.232. The lowest BCUT2D eigenvalue weighted by Gasteiger charge is -2.10. The minimum atomic E-state index is -0.248. The van der Waals surface area contributed by atoms with Gasteiger partial charge in [0.2, 0.25) is 0 Å². The van der Waals surface area contributed by atoms with E-state index in [1.165, 1.54) is 12.4 Å². The largest absolute Gasteiger partial charge is 0.381 e. The lowest BCUT2D eigenvalue weighted by Crippen LogP contribution is -2.25. The Kier molecular flexibility index (Phi) is 4.87. The van der Waals surface area contributed by atoms with Crippen LogP contribution in [0.1, 0.15) is 16.1 Å². The Morgan fingerprint density at radius 2 is 2.19 bits per heavy atom. The zero-order valence-electron chi connectivity index (χ0n) is 11.4. The third-order valence-corrected chi connectivity index (χ3v) is 2.77. The number of H-pyrrole nitrogens is 1. The van der Waals surface area contributed by atoms with Crippen molar-refractivity contribution in [3.63, 3.8) is 0 Å². The van der Waals surface area contributed by atoms with Crippen molar-refractivity contribution in [2.45, 2.75) is 6.54 Å². The van der Waals surface area contributed by atoms with Gasteiger partial charge < -0.3 is 15.6 Å². The number of aromatic nitrogens is 2. The molecule has 0 fully saturated rings. The normalized spacial score (nSPS) is 9.90. The van der Waals surface area contributed by atoms with Crippen LogP contribution < -0.4 is 16.2 Å². The number of carbonyl (C=O) groups excluding carboxylic acids is 1. The van der Waals surface area contributed by atoms with E-state index in [2.05, 4.69) is 27.2 Å². The third kappa shape index (κ3) is 4.04. The molecule has 6 heteroatoms. The van der Waals surface area contributed by atoms with Gasteiger partial charge in [0.1, 0.15) is 0 Å². The van der Waals surface area contributed by atoms with Gasteiger partial charge in [-0.15, -0.1) is 6.58 Å². The highest BCUT2D eigenvalue weighted by atomic mass is 16.1. The van der Waals surface area contributed by atoms with E-state index < -0.39 is 0 Å². The highest BCUT2D eigenvalue weighted by molar-refractivity contribution is 5.99. The highest BCUT2D eigenvalue weighted by Gasteiger charge is 2.10. The smallest absolute Gasteiger partial charge is 0.253 e. The van der Waals surface area contributed by atoms with E-state index in [0.717, 1.165) is 5.69 Å². The Morgan fingerprint density at radius 3 is 2.95 bits per heavy atom. The quantitative estimate of drug-likeness (QED) is 0.698. The molecule has 1 amide bonds. The van der Waals surface area contributed by atoms with Gasteiger partial charge in [-0.2, -0.15) is 0 Å². The van der Waals surface area contributed by atoms with Gasteiger partial charge in [0.15, 0.2) is 0 Å². The molecule has 3 N–H and O–H groups in total. The van der Waals surface area contributed by atoms with E-state index >= 15 is 0 Å². The van der Waals surface area contributed by atoms with Crippen molar-refractivity contribution >= 4 is 11.6 Å². The second-order valence-corrected chi connectivity index (χ2v) is 4.30. The number of amides is 1. The Balaban J connectivity index is 2.06. The van der Waals surface area contributed by atoms with Crippen molar-refractivity contribution in [3.05, 3.63) is 70.9 Å². The molecule has 0 saturated heterocycles. The van der Waals surface area contributed by atoms with E-state index in [-0.39, 0.29) is 18.0 Å². The summed E-state index contributed by atoms with van der Waals surface area (Å²) in [5.41, 5.74) is 1.52. The fourth-order valence-electron chi connectivity index (χ4n) is 1.79. The summed E-state index contributed by atoms with van der Waals surface area (Å²) in [7, 11) is 0. The Morgan fingerprint density at radius 1 is 1.38 bits per heavy atom. The van der Waals surface area contributed by atoms with Crippen molar-refractivity contribution < 1.29 is 4.79 Å². The van der Waals surface area contributed by atoms with E-state index in [9.17, 15) is 9.59 Å². The van der Waals surface area contributed by atoms with Crippen LogP contribution in [0.25, 0.3) is 0 Å². The SMILES string of the molecule is C=CCNc1ccccc1C(=O)NCc1cc(=O)[nH]cn1. The van der Waals surface area contributed by atoms with Crippen molar-refractivity contribution in [1.82, 2.24) is 15.3 Å². The van der Waals surface area contributed by atoms with Crippen LogP contribution in [0.4, 0.5) is 5.69 Å². The molecule has 0 aliphatic heterocycles. The maximum Gasteiger partial charge on any atom is 0.253 e. The molecule has 0 saturated carbocycles. The van der Waals surface area contributed by atoms with Crippen LogP contribution >= 0.6 is 0 Å². The Labute approximate surface area is 121 Å². The second-order valence-electron chi connectivity index (χ2n) is 4.30. The molecule has 2 rings (SSSR count). The summed E-state index contributed by atoms with van der Waals surface area (Å²) in [5, 5.41) is 5.84. The number of anilines is 1. The zero-order chi connectivity index (χ0) is 15.1.